The minimum absolute atomic E-state index is 0.0843. The van der Waals surface area contributed by atoms with E-state index in [9.17, 15) is 4.79 Å². The van der Waals surface area contributed by atoms with Gasteiger partial charge >= 0.3 is 0 Å². The van der Waals surface area contributed by atoms with Crippen LogP contribution in [0.5, 0.6) is 0 Å². The van der Waals surface area contributed by atoms with E-state index in [0.29, 0.717) is 11.0 Å². The summed E-state index contributed by atoms with van der Waals surface area (Å²) < 4.78 is 1.98. The zero-order valence-electron chi connectivity index (χ0n) is 17.7. The topological polar surface area (TPSA) is 72.7 Å². The summed E-state index contributed by atoms with van der Waals surface area (Å²) in [7, 11) is 0. The fourth-order valence-electron chi connectivity index (χ4n) is 3.35. The zero-order valence-corrected chi connectivity index (χ0v) is 18.5. The maximum absolute atomic E-state index is 12.6. The molecule has 0 radical (unpaired) electrons. The lowest BCUT2D eigenvalue weighted by atomic mass is 10.1. The summed E-state index contributed by atoms with van der Waals surface area (Å²) in [6.45, 7) is 6.08. The number of carbonyl (C=O) groups is 1. The van der Waals surface area contributed by atoms with E-state index in [2.05, 4.69) is 26.6 Å². The summed E-state index contributed by atoms with van der Waals surface area (Å²) in [5.74, 6) is 0.857. The molecule has 1 amide bonds. The van der Waals surface area contributed by atoms with Gasteiger partial charge < -0.3 is 5.32 Å². The molecule has 0 aliphatic heterocycles. The first-order valence-corrected chi connectivity index (χ1v) is 10.9. The van der Waals surface area contributed by atoms with Gasteiger partial charge in [0.25, 0.3) is 0 Å². The Morgan fingerprint density at radius 2 is 1.58 bits per heavy atom. The first-order chi connectivity index (χ1) is 15.0. The van der Waals surface area contributed by atoms with Crippen LogP contribution in [0.4, 0.5) is 5.69 Å². The highest BCUT2D eigenvalue weighted by Crippen LogP contribution is 2.28. The van der Waals surface area contributed by atoms with Gasteiger partial charge in [0.05, 0.1) is 5.75 Å². The van der Waals surface area contributed by atoms with Crippen molar-refractivity contribution < 1.29 is 4.79 Å². The third-order valence-corrected chi connectivity index (χ3v) is 5.63. The summed E-state index contributed by atoms with van der Waals surface area (Å²) in [4.78, 5) is 16.7. The number of aryl methyl sites for hydroxylation is 3. The van der Waals surface area contributed by atoms with Gasteiger partial charge in [0.1, 0.15) is 0 Å². The molecule has 0 saturated heterocycles. The molecule has 2 heterocycles. The second kappa shape index (κ2) is 9.14. The van der Waals surface area contributed by atoms with Gasteiger partial charge in [-0.2, -0.15) is 0 Å². The van der Waals surface area contributed by atoms with Crippen LogP contribution < -0.4 is 5.32 Å². The van der Waals surface area contributed by atoms with E-state index in [1.54, 1.807) is 12.4 Å². The summed E-state index contributed by atoms with van der Waals surface area (Å²) >= 11 is 1.36. The molecule has 0 atom stereocenters. The summed E-state index contributed by atoms with van der Waals surface area (Å²) in [5.41, 5.74) is 6.06. The van der Waals surface area contributed by atoms with E-state index >= 15 is 0 Å². The second-order valence-corrected chi connectivity index (χ2v) is 8.37. The standard InChI is InChI=1S/C24H23N5OS/c1-16-4-6-21(7-5-16)29-23(19-8-10-25-11-9-19)27-28-24(29)31-15-22(30)26-20-13-17(2)12-18(3)14-20/h4-14H,15H2,1-3H3,(H,26,30). The minimum Gasteiger partial charge on any atom is -0.325 e. The third kappa shape index (κ3) is 5.00. The van der Waals surface area contributed by atoms with Crippen LogP contribution in [0.3, 0.4) is 0 Å². The van der Waals surface area contributed by atoms with Crippen molar-refractivity contribution in [3.8, 4) is 17.1 Å². The first-order valence-electron chi connectivity index (χ1n) is 9.93. The van der Waals surface area contributed by atoms with E-state index in [4.69, 9.17) is 0 Å². The number of thioether (sulfide) groups is 1. The molecule has 0 fully saturated rings. The zero-order chi connectivity index (χ0) is 21.8. The average molecular weight is 430 g/mol. The first kappa shape index (κ1) is 20.8. The van der Waals surface area contributed by atoms with Crippen molar-refractivity contribution in [2.24, 2.45) is 0 Å². The number of aromatic nitrogens is 4. The Bertz CT molecular complexity index is 1180. The fourth-order valence-corrected chi connectivity index (χ4v) is 4.10. The van der Waals surface area contributed by atoms with Crippen LogP contribution in [0.25, 0.3) is 17.1 Å². The molecule has 1 N–H and O–H groups in total. The number of hydrogen-bond acceptors (Lipinski definition) is 5. The maximum Gasteiger partial charge on any atom is 0.234 e. The molecular formula is C24H23N5OS. The molecular weight excluding hydrogens is 406 g/mol. The Balaban J connectivity index is 1.58. The molecule has 4 rings (SSSR count). The highest BCUT2D eigenvalue weighted by molar-refractivity contribution is 7.99. The number of anilines is 1. The van der Waals surface area contributed by atoms with Crippen LogP contribution in [-0.2, 0) is 4.79 Å². The van der Waals surface area contributed by atoms with E-state index in [1.165, 1.54) is 17.3 Å². The van der Waals surface area contributed by atoms with E-state index in [-0.39, 0.29) is 11.7 Å². The highest BCUT2D eigenvalue weighted by Gasteiger charge is 2.17. The van der Waals surface area contributed by atoms with Crippen molar-refractivity contribution in [2.75, 3.05) is 11.1 Å². The van der Waals surface area contributed by atoms with Gasteiger partial charge in [-0.15, -0.1) is 10.2 Å². The van der Waals surface area contributed by atoms with Gasteiger partial charge in [0.2, 0.25) is 5.91 Å². The number of nitrogens with zero attached hydrogens (tertiary/aromatic N) is 4. The third-order valence-electron chi connectivity index (χ3n) is 4.70. The molecule has 2 aromatic carbocycles. The summed E-state index contributed by atoms with van der Waals surface area (Å²) in [5, 5.41) is 12.4. The monoisotopic (exact) mass is 429 g/mol. The van der Waals surface area contributed by atoms with Crippen molar-refractivity contribution in [1.82, 2.24) is 19.7 Å². The van der Waals surface area contributed by atoms with Gasteiger partial charge in [0, 0.05) is 29.3 Å². The predicted molar refractivity (Wildman–Crippen MR) is 125 cm³/mol. The van der Waals surface area contributed by atoms with Crippen LogP contribution in [0.15, 0.2) is 72.1 Å². The van der Waals surface area contributed by atoms with E-state index in [0.717, 1.165) is 28.1 Å². The fraction of sp³-hybridized carbons (Fsp3) is 0.167. The smallest absolute Gasteiger partial charge is 0.234 e. The molecule has 0 unspecified atom stereocenters. The van der Waals surface area contributed by atoms with Gasteiger partial charge in [0.15, 0.2) is 11.0 Å². The predicted octanol–water partition coefficient (Wildman–Crippen LogP) is 4.99. The lowest BCUT2D eigenvalue weighted by Gasteiger charge is -2.11. The average Bonchev–Trinajstić information content (AvgIpc) is 3.17. The number of hydrogen-bond donors (Lipinski definition) is 1. The highest BCUT2D eigenvalue weighted by atomic mass is 32.2. The van der Waals surface area contributed by atoms with Gasteiger partial charge in [-0.05, 0) is 68.3 Å². The molecule has 31 heavy (non-hydrogen) atoms. The molecule has 0 bridgehead atoms. The van der Waals surface area contributed by atoms with Crippen molar-refractivity contribution in [1.29, 1.82) is 0 Å². The van der Waals surface area contributed by atoms with Gasteiger partial charge in [-0.25, -0.2) is 0 Å². The number of rotatable bonds is 6. The van der Waals surface area contributed by atoms with Crippen LogP contribution >= 0.6 is 11.8 Å². The van der Waals surface area contributed by atoms with Crippen molar-refractivity contribution in [2.45, 2.75) is 25.9 Å². The minimum atomic E-state index is -0.0843. The van der Waals surface area contributed by atoms with E-state index in [1.807, 2.05) is 73.9 Å². The number of nitrogens with one attached hydrogen (secondary N) is 1. The lowest BCUT2D eigenvalue weighted by Crippen LogP contribution is -2.14. The van der Waals surface area contributed by atoms with Crippen molar-refractivity contribution in [3.05, 3.63) is 83.7 Å². The quantitative estimate of drug-likeness (QED) is 0.437. The number of carbonyl (C=O) groups excluding carboxylic acids is 1. The molecule has 7 heteroatoms. The normalized spacial score (nSPS) is 10.8. The Kier molecular flexibility index (Phi) is 6.13. The Morgan fingerprint density at radius 3 is 2.26 bits per heavy atom. The lowest BCUT2D eigenvalue weighted by molar-refractivity contribution is -0.113. The Hall–Kier alpha value is -3.45. The largest absolute Gasteiger partial charge is 0.325 e. The Labute approximate surface area is 185 Å². The van der Waals surface area contributed by atoms with Crippen molar-refractivity contribution in [3.63, 3.8) is 0 Å². The van der Waals surface area contributed by atoms with Crippen LogP contribution in [0.2, 0.25) is 0 Å². The summed E-state index contributed by atoms with van der Waals surface area (Å²) in [6, 6.07) is 18.0. The molecule has 0 spiro atoms. The van der Waals surface area contributed by atoms with Gasteiger partial charge in [-0.3, -0.25) is 14.3 Å². The van der Waals surface area contributed by atoms with Crippen LogP contribution in [-0.4, -0.2) is 31.4 Å². The van der Waals surface area contributed by atoms with E-state index < -0.39 is 0 Å². The molecule has 4 aromatic rings. The molecule has 156 valence electrons. The maximum atomic E-state index is 12.6. The second-order valence-electron chi connectivity index (χ2n) is 7.43. The summed E-state index contributed by atoms with van der Waals surface area (Å²) in [6.07, 6.45) is 3.46. The molecule has 6 nitrogen and oxygen atoms in total. The molecule has 0 saturated carbocycles. The SMILES string of the molecule is Cc1ccc(-n2c(SCC(=O)Nc3cc(C)cc(C)c3)nnc2-c2ccncc2)cc1. The Morgan fingerprint density at radius 1 is 0.903 bits per heavy atom. The number of amides is 1. The molecule has 0 aliphatic carbocycles. The molecule has 0 aliphatic rings. The van der Waals surface area contributed by atoms with Crippen LogP contribution in [0.1, 0.15) is 16.7 Å². The van der Waals surface area contributed by atoms with Crippen molar-refractivity contribution >= 4 is 23.4 Å². The number of pyridine rings is 1. The van der Waals surface area contributed by atoms with Gasteiger partial charge in [-0.1, -0.05) is 35.5 Å². The van der Waals surface area contributed by atoms with Crippen LogP contribution in [0, 0.1) is 20.8 Å². The number of benzene rings is 2. The molecule has 2 aromatic heterocycles.